The first-order valence-corrected chi connectivity index (χ1v) is 17.8. The van der Waals surface area contributed by atoms with Gasteiger partial charge in [0.2, 0.25) is 5.91 Å². The van der Waals surface area contributed by atoms with Crippen LogP contribution < -0.4 is 14.5 Å². The summed E-state index contributed by atoms with van der Waals surface area (Å²) in [7, 11) is 2.14. The first-order chi connectivity index (χ1) is 23.9. The molecule has 2 atom stereocenters. The summed E-state index contributed by atoms with van der Waals surface area (Å²) in [6, 6.07) is 15.8. The monoisotopic (exact) mass is 666 g/mol. The summed E-state index contributed by atoms with van der Waals surface area (Å²) in [6.07, 6.45) is 6.88. The van der Waals surface area contributed by atoms with Crippen molar-refractivity contribution in [3.63, 3.8) is 0 Å². The van der Waals surface area contributed by atoms with E-state index in [0.717, 1.165) is 55.8 Å². The van der Waals surface area contributed by atoms with E-state index in [1.54, 1.807) is 6.08 Å². The van der Waals surface area contributed by atoms with Crippen LogP contribution in [-0.2, 0) is 17.8 Å². The number of rotatable bonds is 9. The van der Waals surface area contributed by atoms with Crippen molar-refractivity contribution in [3.05, 3.63) is 65.4 Å². The van der Waals surface area contributed by atoms with Crippen LogP contribution in [0, 0.1) is 18.3 Å². The standard InChI is InChI=1S/C38H47FN8O2/c1-27-8-3-9-28-10-4-13-34(36(27)28)45-19-6-12-32-33(25-45)41-38(49-26-31-11-5-17-43(31)2)42-37(32)46-20-21-47(30(24-46)15-16-40)35(48)14-7-18-44-22-29(39)23-44/h3-4,7-10,13-14,29-31H,5-6,11-12,15,17-26H2,1-2H3/b14-7+/t30?,31-/m0/s1. The number of likely N-dealkylation sites (N-methyl/N-ethyl adjacent to an activating group) is 1. The molecule has 3 saturated heterocycles. The Morgan fingerprint density at radius 3 is 2.65 bits per heavy atom. The highest BCUT2D eigenvalue weighted by molar-refractivity contribution is 5.97. The zero-order chi connectivity index (χ0) is 33.9. The maximum atomic E-state index is 13.3. The predicted molar refractivity (Wildman–Crippen MR) is 190 cm³/mol. The molecule has 0 aliphatic carbocycles. The first kappa shape index (κ1) is 33.2. The van der Waals surface area contributed by atoms with Crippen molar-refractivity contribution in [3.8, 4) is 12.1 Å². The highest BCUT2D eigenvalue weighted by Gasteiger charge is 2.33. The van der Waals surface area contributed by atoms with Crippen LogP contribution in [0.25, 0.3) is 10.8 Å². The van der Waals surface area contributed by atoms with E-state index in [4.69, 9.17) is 14.7 Å². The van der Waals surface area contributed by atoms with Crippen LogP contribution in [0.2, 0.25) is 0 Å². The molecule has 49 heavy (non-hydrogen) atoms. The molecule has 4 aliphatic heterocycles. The molecule has 0 radical (unpaired) electrons. The molecular weight excluding hydrogens is 619 g/mol. The molecule has 258 valence electrons. The van der Waals surface area contributed by atoms with Gasteiger partial charge in [0, 0.05) is 74.6 Å². The molecular formula is C38H47FN8O2. The number of aromatic nitrogens is 2. The zero-order valence-corrected chi connectivity index (χ0v) is 28.7. The van der Waals surface area contributed by atoms with Gasteiger partial charge >= 0.3 is 6.01 Å². The van der Waals surface area contributed by atoms with Crippen LogP contribution in [0.3, 0.4) is 0 Å². The van der Waals surface area contributed by atoms with Gasteiger partial charge in [0.05, 0.1) is 30.8 Å². The maximum absolute atomic E-state index is 13.3. The van der Waals surface area contributed by atoms with Gasteiger partial charge in [0.15, 0.2) is 0 Å². The van der Waals surface area contributed by atoms with Crippen molar-refractivity contribution in [1.29, 1.82) is 5.26 Å². The SMILES string of the molecule is Cc1cccc2cccc(N3CCCc4c(nc(OC[C@@H]5CCCN5C)nc4N4CCN(C(=O)/C=C/CN5CC(F)C5)C(CC#N)C4)C3)c12. The summed E-state index contributed by atoms with van der Waals surface area (Å²) in [6.45, 7) is 8.28. The van der Waals surface area contributed by atoms with Crippen LogP contribution in [-0.4, -0.2) is 115 Å². The molecule has 5 heterocycles. The number of ether oxygens (including phenoxy) is 1. The molecule has 10 nitrogen and oxygen atoms in total. The van der Waals surface area contributed by atoms with Crippen molar-refractivity contribution >= 4 is 28.2 Å². The predicted octanol–water partition coefficient (Wildman–Crippen LogP) is 4.50. The summed E-state index contributed by atoms with van der Waals surface area (Å²) in [5.74, 6) is 0.754. The van der Waals surface area contributed by atoms with Crippen LogP contribution in [0.4, 0.5) is 15.9 Å². The number of halogens is 1. The molecule has 7 rings (SSSR count). The van der Waals surface area contributed by atoms with Crippen LogP contribution in [0.1, 0.15) is 42.5 Å². The van der Waals surface area contributed by atoms with Crippen molar-refractivity contribution in [2.24, 2.45) is 0 Å². The lowest BCUT2D eigenvalue weighted by atomic mass is 10.0. The third-order valence-electron chi connectivity index (χ3n) is 10.7. The van der Waals surface area contributed by atoms with Gasteiger partial charge in [-0.25, -0.2) is 4.39 Å². The number of carbonyl (C=O) groups is 1. The molecule has 0 spiro atoms. The molecule has 4 aliphatic rings. The number of benzene rings is 2. The number of piperazine rings is 1. The van der Waals surface area contributed by atoms with Crippen LogP contribution in [0.5, 0.6) is 6.01 Å². The molecule has 1 amide bonds. The molecule has 0 saturated carbocycles. The topological polar surface area (TPSA) is 92.1 Å². The summed E-state index contributed by atoms with van der Waals surface area (Å²) < 4.78 is 19.6. The van der Waals surface area contributed by atoms with Gasteiger partial charge < -0.3 is 24.3 Å². The Hall–Kier alpha value is -4.27. The van der Waals surface area contributed by atoms with E-state index in [2.05, 4.69) is 71.1 Å². The quantitative estimate of drug-likeness (QED) is 0.306. The fourth-order valence-electron chi connectivity index (χ4n) is 7.92. The molecule has 0 bridgehead atoms. The summed E-state index contributed by atoms with van der Waals surface area (Å²) in [5, 5.41) is 12.3. The van der Waals surface area contributed by atoms with E-state index in [-0.39, 0.29) is 18.4 Å². The van der Waals surface area contributed by atoms with Gasteiger partial charge in [-0.2, -0.15) is 15.2 Å². The van der Waals surface area contributed by atoms with Gasteiger partial charge in [-0.3, -0.25) is 9.69 Å². The third-order valence-corrected chi connectivity index (χ3v) is 10.7. The number of nitrogens with zero attached hydrogens (tertiary/aromatic N) is 8. The zero-order valence-electron chi connectivity index (χ0n) is 28.7. The normalized spacial score (nSPS) is 22.3. The lowest BCUT2D eigenvalue weighted by Gasteiger charge is -2.41. The van der Waals surface area contributed by atoms with Gasteiger partial charge in [-0.05, 0) is 63.2 Å². The number of hydrogen-bond donors (Lipinski definition) is 0. The Morgan fingerprint density at radius 2 is 1.88 bits per heavy atom. The number of likely N-dealkylation sites (tertiary alicyclic amines) is 2. The number of alkyl halides is 1. The van der Waals surface area contributed by atoms with Crippen molar-refractivity contribution in [1.82, 2.24) is 24.7 Å². The van der Waals surface area contributed by atoms with E-state index in [9.17, 15) is 14.4 Å². The minimum absolute atomic E-state index is 0.107. The fourth-order valence-corrected chi connectivity index (χ4v) is 7.92. The molecule has 1 unspecified atom stereocenters. The minimum atomic E-state index is -0.769. The van der Waals surface area contributed by atoms with E-state index in [0.29, 0.717) is 64.5 Å². The van der Waals surface area contributed by atoms with E-state index in [1.165, 1.54) is 22.0 Å². The smallest absolute Gasteiger partial charge is 0.318 e. The van der Waals surface area contributed by atoms with Gasteiger partial charge in [-0.15, -0.1) is 0 Å². The molecule has 1 aromatic heterocycles. The number of amides is 1. The average molecular weight is 667 g/mol. The van der Waals surface area contributed by atoms with Crippen molar-refractivity contribution < 1.29 is 13.9 Å². The lowest BCUT2D eigenvalue weighted by Crippen LogP contribution is -2.55. The number of carbonyl (C=O) groups excluding carboxylic acids is 1. The third kappa shape index (κ3) is 7.22. The summed E-state index contributed by atoms with van der Waals surface area (Å²) >= 11 is 0. The van der Waals surface area contributed by atoms with E-state index in [1.807, 2.05) is 15.9 Å². The summed E-state index contributed by atoms with van der Waals surface area (Å²) in [5.41, 5.74) is 4.57. The second kappa shape index (κ2) is 14.7. The van der Waals surface area contributed by atoms with Crippen LogP contribution in [0.15, 0.2) is 48.6 Å². The second-order valence-corrected chi connectivity index (χ2v) is 14.0. The molecule has 2 aromatic carbocycles. The van der Waals surface area contributed by atoms with Crippen molar-refractivity contribution in [2.45, 2.75) is 63.8 Å². The van der Waals surface area contributed by atoms with Gasteiger partial charge in [-0.1, -0.05) is 36.4 Å². The number of anilines is 2. The Labute approximate surface area is 288 Å². The number of aryl methyl sites for hydroxylation is 1. The maximum Gasteiger partial charge on any atom is 0.318 e. The number of hydrogen-bond acceptors (Lipinski definition) is 9. The number of fused-ring (bicyclic) bond motifs is 2. The van der Waals surface area contributed by atoms with Gasteiger partial charge in [0.1, 0.15) is 18.6 Å². The van der Waals surface area contributed by atoms with Crippen molar-refractivity contribution in [2.75, 3.05) is 75.8 Å². The Morgan fingerprint density at radius 1 is 1.04 bits per heavy atom. The fraction of sp³-hybridized carbons (Fsp3) is 0.526. The molecule has 0 N–H and O–H groups in total. The Bertz CT molecular complexity index is 1730. The average Bonchev–Trinajstić information content (AvgIpc) is 3.37. The first-order valence-electron chi connectivity index (χ1n) is 17.8. The summed E-state index contributed by atoms with van der Waals surface area (Å²) in [4.78, 5) is 34.3. The molecule has 3 aromatic rings. The second-order valence-electron chi connectivity index (χ2n) is 14.0. The molecule has 11 heteroatoms. The highest BCUT2D eigenvalue weighted by Crippen LogP contribution is 2.35. The largest absolute Gasteiger partial charge is 0.462 e. The Balaban J connectivity index is 1.16. The van der Waals surface area contributed by atoms with Crippen LogP contribution >= 0.6 is 0 Å². The minimum Gasteiger partial charge on any atom is -0.462 e. The number of nitriles is 1. The van der Waals surface area contributed by atoms with E-state index < -0.39 is 6.17 Å². The Kier molecular flexibility index (Phi) is 9.96. The van der Waals surface area contributed by atoms with E-state index >= 15 is 0 Å². The lowest BCUT2D eigenvalue weighted by molar-refractivity contribution is -0.128. The highest BCUT2D eigenvalue weighted by atomic mass is 19.1. The molecule has 3 fully saturated rings. The van der Waals surface area contributed by atoms with Gasteiger partial charge in [0.25, 0.3) is 0 Å².